The molecule has 2 aromatic carbocycles. The summed E-state index contributed by atoms with van der Waals surface area (Å²) in [6, 6.07) is 13.7. The van der Waals surface area contributed by atoms with Crippen LogP contribution >= 0.6 is 0 Å². The quantitative estimate of drug-likeness (QED) is 0.719. The molecule has 0 aliphatic carbocycles. The Hall–Kier alpha value is -3.22. The van der Waals surface area contributed by atoms with E-state index in [9.17, 15) is 9.18 Å². The average Bonchev–Trinajstić information content (AvgIpc) is 3.11. The van der Waals surface area contributed by atoms with Gasteiger partial charge in [0.05, 0.1) is 6.61 Å². The van der Waals surface area contributed by atoms with Crippen LogP contribution in [-0.4, -0.2) is 35.0 Å². The number of carbonyl (C=O) groups is 1. The van der Waals surface area contributed by atoms with Gasteiger partial charge in [-0.25, -0.2) is 9.18 Å². The molecule has 0 unspecified atom stereocenters. The molecular formula is C18H17FN4O2. The monoisotopic (exact) mass is 340 g/mol. The molecule has 0 bridgehead atoms. The number of nitrogens with one attached hydrogen (secondary N) is 1. The molecule has 1 N–H and O–H groups in total. The van der Waals surface area contributed by atoms with Crippen LogP contribution in [0.5, 0.6) is 0 Å². The summed E-state index contributed by atoms with van der Waals surface area (Å²) in [6.07, 6.45) is 0. The number of halogens is 1. The Kier molecular flexibility index (Phi) is 4.74. The third kappa shape index (κ3) is 3.50. The summed E-state index contributed by atoms with van der Waals surface area (Å²) in [5.41, 5.74) is 2.91. The van der Waals surface area contributed by atoms with E-state index in [2.05, 4.69) is 15.4 Å². The third-order valence-electron chi connectivity index (χ3n) is 3.74. The largest absolute Gasteiger partial charge is 0.461 e. The Balaban J connectivity index is 1.86. The van der Waals surface area contributed by atoms with Crippen LogP contribution in [0.4, 0.5) is 15.8 Å². The maximum atomic E-state index is 13.4. The zero-order valence-electron chi connectivity index (χ0n) is 13.9. The maximum absolute atomic E-state index is 13.4. The lowest BCUT2D eigenvalue weighted by molar-refractivity contribution is 0.0520. The van der Waals surface area contributed by atoms with E-state index in [-0.39, 0.29) is 18.1 Å². The molecule has 7 heteroatoms. The topological polar surface area (TPSA) is 71.1 Å². The van der Waals surface area contributed by atoms with Gasteiger partial charge in [0.2, 0.25) is 0 Å². The first-order chi connectivity index (χ1) is 12.1. The number of carbonyl (C=O) groups excluding carboxylic acids is 1. The van der Waals surface area contributed by atoms with Gasteiger partial charge in [-0.3, -0.25) is 0 Å². The van der Waals surface area contributed by atoms with Crippen molar-refractivity contribution < 1.29 is 13.9 Å². The van der Waals surface area contributed by atoms with E-state index < -0.39 is 5.97 Å². The summed E-state index contributed by atoms with van der Waals surface area (Å²) in [5.74, 6) is -0.810. The molecule has 1 heterocycles. The van der Waals surface area contributed by atoms with Crippen molar-refractivity contribution in [2.75, 3.05) is 18.6 Å². The van der Waals surface area contributed by atoms with E-state index in [0.717, 1.165) is 16.9 Å². The fourth-order valence-corrected chi connectivity index (χ4v) is 2.45. The minimum Gasteiger partial charge on any atom is -0.461 e. The fraction of sp³-hybridized carbons (Fsp3) is 0.167. The van der Waals surface area contributed by atoms with Crippen LogP contribution in [0.15, 0.2) is 48.5 Å². The summed E-state index contributed by atoms with van der Waals surface area (Å²) in [6.45, 7) is 2.00. The van der Waals surface area contributed by atoms with E-state index in [1.807, 2.05) is 42.3 Å². The van der Waals surface area contributed by atoms with Gasteiger partial charge < -0.3 is 9.64 Å². The predicted octanol–water partition coefficient (Wildman–Crippen LogP) is 3.56. The first-order valence-electron chi connectivity index (χ1n) is 7.77. The van der Waals surface area contributed by atoms with Crippen LogP contribution in [-0.2, 0) is 4.74 Å². The second-order valence-corrected chi connectivity index (χ2v) is 5.33. The highest BCUT2D eigenvalue weighted by Gasteiger charge is 2.19. The molecule has 128 valence electrons. The molecular weight excluding hydrogens is 323 g/mol. The van der Waals surface area contributed by atoms with Crippen molar-refractivity contribution in [3.63, 3.8) is 0 Å². The molecule has 0 radical (unpaired) electrons. The van der Waals surface area contributed by atoms with Crippen molar-refractivity contribution in [1.82, 2.24) is 15.4 Å². The summed E-state index contributed by atoms with van der Waals surface area (Å²) >= 11 is 0. The van der Waals surface area contributed by atoms with E-state index in [0.29, 0.717) is 5.69 Å². The smallest absolute Gasteiger partial charge is 0.361 e. The third-order valence-corrected chi connectivity index (χ3v) is 3.74. The minimum atomic E-state index is -0.521. The molecule has 0 spiro atoms. The summed E-state index contributed by atoms with van der Waals surface area (Å²) in [4.78, 5) is 13.8. The second-order valence-electron chi connectivity index (χ2n) is 5.33. The number of benzene rings is 2. The van der Waals surface area contributed by atoms with Crippen LogP contribution in [0.25, 0.3) is 11.3 Å². The fourth-order valence-electron chi connectivity index (χ4n) is 2.45. The summed E-state index contributed by atoms with van der Waals surface area (Å²) < 4.78 is 18.4. The molecule has 3 rings (SSSR count). The zero-order valence-corrected chi connectivity index (χ0v) is 13.9. The highest BCUT2D eigenvalue weighted by atomic mass is 19.1. The van der Waals surface area contributed by atoms with Crippen molar-refractivity contribution >= 4 is 17.3 Å². The first-order valence-corrected chi connectivity index (χ1v) is 7.77. The Morgan fingerprint density at radius 1 is 1.16 bits per heavy atom. The number of aromatic nitrogens is 3. The minimum absolute atomic E-state index is 0.146. The van der Waals surface area contributed by atoms with Gasteiger partial charge in [-0.15, -0.1) is 5.10 Å². The lowest BCUT2D eigenvalue weighted by Crippen LogP contribution is -2.09. The second kappa shape index (κ2) is 7.12. The Morgan fingerprint density at radius 2 is 1.92 bits per heavy atom. The van der Waals surface area contributed by atoms with Gasteiger partial charge >= 0.3 is 5.97 Å². The molecule has 0 amide bonds. The van der Waals surface area contributed by atoms with E-state index >= 15 is 0 Å². The Bertz CT molecular complexity index is 877. The zero-order chi connectivity index (χ0) is 17.8. The van der Waals surface area contributed by atoms with Gasteiger partial charge in [0.25, 0.3) is 0 Å². The lowest BCUT2D eigenvalue weighted by atomic mass is 10.1. The van der Waals surface area contributed by atoms with E-state index in [1.165, 1.54) is 12.1 Å². The number of hydrogen-bond donors (Lipinski definition) is 1. The highest BCUT2D eigenvalue weighted by Crippen LogP contribution is 2.27. The number of rotatable bonds is 5. The van der Waals surface area contributed by atoms with Crippen molar-refractivity contribution in [2.45, 2.75) is 6.92 Å². The van der Waals surface area contributed by atoms with Crippen LogP contribution in [0.1, 0.15) is 17.4 Å². The maximum Gasteiger partial charge on any atom is 0.361 e. The van der Waals surface area contributed by atoms with Crippen molar-refractivity contribution in [3.05, 3.63) is 60.0 Å². The van der Waals surface area contributed by atoms with Crippen LogP contribution in [0.2, 0.25) is 0 Å². The van der Waals surface area contributed by atoms with E-state index in [1.54, 1.807) is 13.0 Å². The molecule has 6 nitrogen and oxygen atoms in total. The normalized spacial score (nSPS) is 10.5. The molecule has 0 saturated carbocycles. The molecule has 1 aromatic heterocycles. The van der Waals surface area contributed by atoms with Gasteiger partial charge in [0.1, 0.15) is 11.5 Å². The molecule has 25 heavy (non-hydrogen) atoms. The number of nitrogens with zero attached hydrogens (tertiary/aromatic N) is 3. The molecule has 0 fully saturated rings. The van der Waals surface area contributed by atoms with Crippen LogP contribution < -0.4 is 4.90 Å². The molecule has 3 aromatic rings. The van der Waals surface area contributed by atoms with Crippen molar-refractivity contribution in [2.24, 2.45) is 0 Å². The van der Waals surface area contributed by atoms with Gasteiger partial charge in [-0.1, -0.05) is 18.2 Å². The highest BCUT2D eigenvalue weighted by molar-refractivity contribution is 5.94. The lowest BCUT2D eigenvalue weighted by Gasteiger charge is -2.19. The number of ether oxygens (including phenoxy) is 1. The van der Waals surface area contributed by atoms with Gasteiger partial charge in [0, 0.05) is 24.0 Å². The number of anilines is 2. The molecule has 0 saturated heterocycles. The standard InChI is InChI=1S/C18H17FN4O2/c1-3-25-18(24)17-16(20-22-21-17)12-7-9-14(10-8-12)23(2)15-6-4-5-13(19)11-15/h4-11H,3H2,1-2H3,(H,20,21,22). The van der Waals surface area contributed by atoms with Crippen LogP contribution in [0, 0.1) is 5.82 Å². The Labute approximate surface area is 144 Å². The predicted molar refractivity (Wildman–Crippen MR) is 92.2 cm³/mol. The summed E-state index contributed by atoms with van der Waals surface area (Å²) in [5, 5.41) is 10.3. The van der Waals surface area contributed by atoms with Gasteiger partial charge in [-0.05, 0) is 37.3 Å². The molecule has 0 atom stereocenters. The number of H-pyrrole nitrogens is 1. The average molecular weight is 340 g/mol. The molecule has 0 aliphatic heterocycles. The van der Waals surface area contributed by atoms with Gasteiger partial charge in [0.15, 0.2) is 5.69 Å². The summed E-state index contributed by atoms with van der Waals surface area (Å²) in [7, 11) is 1.85. The van der Waals surface area contributed by atoms with Gasteiger partial charge in [-0.2, -0.15) is 10.3 Å². The van der Waals surface area contributed by atoms with Crippen LogP contribution in [0.3, 0.4) is 0 Å². The van der Waals surface area contributed by atoms with E-state index in [4.69, 9.17) is 4.74 Å². The number of esters is 1. The Morgan fingerprint density at radius 3 is 2.60 bits per heavy atom. The number of aromatic amines is 1. The van der Waals surface area contributed by atoms with Crippen molar-refractivity contribution in [1.29, 1.82) is 0 Å². The SMILES string of the molecule is CCOC(=O)c1n[nH]nc1-c1ccc(N(C)c2cccc(F)c2)cc1. The first kappa shape index (κ1) is 16.6. The molecule has 0 aliphatic rings. The van der Waals surface area contributed by atoms with Crippen molar-refractivity contribution in [3.8, 4) is 11.3 Å². The number of hydrogen-bond acceptors (Lipinski definition) is 5.